The summed E-state index contributed by atoms with van der Waals surface area (Å²) < 4.78 is 0. The molecule has 1 heterocycles. The third-order valence-electron chi connectivity index (χ3n) is 2.26. The molecular weight excluding hydrogens is 154 g/mol. The Hall–Kier alpha value is -0.340. The summed E-state index contributed by atoms with van der Waals surface area (Å²) in [6.07, 6.45) is 1.37. The van der Waals surface area contributed by atoms with Gasteiger partial charge in [-0.2, -0.15) is 11.3 Å². The predicted octanol–water partition coefficient (Wildman–Crippen LogP) is 2.25. The smallest absolute Gasteiger partial charge is 0.0216 e. The van der Waals surface area contributed by atoms with Crippen molar-refractivity contribution < 1.29 is 0 Å². The van der Waals surface area contributed by atoms with Crippen molar-refractivity contribution in [3.63, 3.8) is 0 Å². The van der Waals surface area contributed by atoms with Gasteiger partial charge in [0.1, 0.15) is 0 Å². The third kappa shape index (κ3) is 1.82. The van der Waals surface area contributed by atoms with E-state index >= 15 is 0 Å². The highest BCUT2D eigenvalue weighted by Gasteiger charge is 2.31. The molecule has 0 amide bonds. The van der Waals surface area contributed by atoms with Gasteiger partial charge >= 0.3 is 0 Å². The lowest BCUT2D eigenvalue weighted by Gasteiger charge is -1.98. The molecule has 0 aromatic carbocycles. The zero-order chi connectivity index (χ0) is 7.68. The maximum absolute atomic E-state index is 3.52. The Bertz CT molecular complexity index is 217. The lowest BCUT2D eigenvalue weighted by atomic mass is 10.3. The van der Waals surface area contributed by atoms with Crippen molar-refractivity contribution in [1.82, 2.24) is 5.32 Å². The molecule has 1 aromatic rings. The third-order valence-corrected chi connectivity index (χ3v) is 2.99. The average Bonchev–Trinajstić information content (AvgIpc) is 2.55. The van der Waals surface area contributed by atoms with Crippen LogP contribution in [0.4, 0.5) is 0 Å². The van der Waals surface area contributed by atoms with E-state index in [0.29, 0.717) is 0 Å². The van der Waals surface area contributed by atoms with E-state index in [4.69, 9.17) is 0 Å². The van der Waals surface area contributed by atoms with E-state index in [0.717, 1.165) is 18.5 Å². The molecule has 60 valence electrons. The molecule has 1 fully saturated rings. The fourth-order valence-electron chi connectivity index (χ4n) is 1.25. The molecule has 2 atom stereocenters. The van der Waals surface area contributed by atoms with Crippen LogP contribution in [0.3, 0.4) is 0 Å². The summed E-state index contributed by atoms with van der Waals surface area (Å²) in [6.45, 7) is 3.35. The fourth-order valence-corrected chi connectivity index (χ4v) is 1.92. The van der Waals surface area contributed by atoms with E-state index in [1.54, 1.807) is 11.3 Å². The molecule has 0 saturated heterocycles. The van der Waals surface area contributed by atoms with Gasteiger partial charge in [0, 0.05) is 12.6 Å². The normalized spacial score (nSPS) is 28.8. The minimum Gasteiger partial charge on any atom is -0.310 e. The molecule has 1 nitrogen and oxygen atoms in total. The van der Waals surface area contributed by atoms with Crippen molar-refractivity contribution >= 4 is 11.3 Å². The number of thiophene rings is 1. The summed E-state index contributed by atoms with van der Waals surface area (Å²) in [5.41, 5.74) is 1.43. The number of hydrogen-bond donors (Lipinski definition) is 1. The lowest BCUT2D eigenvalue weighted by molar-refractivity contribution is 0.654. The minimum atomic E-state index is 0.801. The summed E-state index contributed by atoms with van der Waals surface area (Å²) in [7, 11) is 0. The molecule has 1 aliphatic carbocycles. The molecule has 1 N–H and O–H groups in total. The van der Waals surface area contributed by atoms with E-state index in [1.165, 1.54) is 12.0 Å². The predicted molar refractivity (Wildman–Crippen MR) is 48.7 cm³/mol. The number of nitrogens with one attached hydrogen (secondary N) is 1. The van der Waals surface area contributed by atoms with Crippen LogP contribution in [-0.2, 0) is 6.54 Å². The van der Waals surface area contributed by atoms with E-state index in [2.05, 4.69) is 29.1 Å². The van der Waals surface area contributed by atoms with Crippen LogP contribution in [0.25, 0.3) is 0 Å². The van der Waals surface area contributed by atoms with E-state index in [9.17, 15) is 0 Å². The molecule has 0 bridgehead atoms. The molecule has 1 aliphatic rings. The second-order valence-corrected chi connectivity index (χ2v) is 4.11. The number of rotatable bonds is 3. The van der Waals surface area contributed by atoms with Crippen molar-refractivity contribution in [2.45, 2.75) is 25.9 Å². The van der Waals surface area contributed by atoms with Gasteiger partial charge in [-0.25, -0.2) is 0 Å². The molecule has 0 spiro atoms. The molecule has 11 heavy (non-hydrogen) atoms. The highest BCUT2D eigenvalue weighted by Crippen LogP contribution is 2.29. The highest BCUT2D eigenvalue weighted by molar-refractivity contribution is 7.07. The van der Waals surface area contributed by atoms with Gasteiger partial charge in [0.05, 0.1) is 0 Å². The Morgan fingerprint density at radius 3 is 3.09 bits per heavy atom. The maximum atomic E-state index is 3.52. The SMILES string of the molecule is C[C@@H]1C[C@H]1NCc1ccsc1. The van der Waals surface area contributed by atoms with Gasteiger partial charge in [-0.15, -0.1) is 0 Å². The topological polar surface area (TPSA) is 12.0 Å². The first kappa shape index (κ1) is 7.32. The molecule has 1 aromatic heterocycles. The van der Waals surface area contributed by atoms with Crippen LogP contribution < -0.4 is 5.32 Å². The van der Waals surface area contributed by atoms with Crippen molar-refractivity contribution in [2.75, 3.05) is 0 Å². The van der Waals surface area contributed by atoms with E-state index < -0.39 is 0 Å². The zero-order valence-electron chi connectivity index (χ0n) is 6.71. The van der Waals surface area contributed by atoms with Gasteiger partial charge in [0.15, 0.2) is 0 Å². The van der Waals surface area contributed by atoms with Crippen LogP contribution >= 0.6 is 11.3 Å². The van der Waals surface area contributed by atoms with Gasteiger partial charge in [-0.1, -0.05) is 6.92 Å². The lowest BCUT2D eigenvalue weighted by Crippen LogP contribution is -2.16. The monoisotopic (exact) mass is 167 g/mol. The van der Waals surface area contributed by atoms with Crippen molar-refractivity contribution in [2.24, 2.45) is 5.92 Å². The van der Waals surface area contributed by atoms with Gasteiger partial charge in [0.25, 0.3) is 0 Å². The summed E-state index contributed by atoms with van der Waals surface area (Å²) in [5, 5.41) is 7.86. The largest absolute Gasteiger partial charge is 0.310 e. The molecule has 2 rings (SSSR count). The first-order valence-corrected chi connectivity index (χ1v) is 5.05. The quantitative estimate of drug-likeness (QED) is 0.728. The Balaban J connectivity index is 1.75. The number of hydrogen-bond acceptors (Lipinski definition) is 2. The first-order valence-electron chi connectivity index (χ1n) is 4.11. The van der Waals surface area contributed by atoms with Crippen molar-refractivity contribution in [3.8, 4) is 0 Å². The van der Waals surface area contributed by atoms with Gasteiger partial charge in [0.2, 0.25) is 0 Å². The molecule has 0 unspecified atom stereocenters. The fraction of sp³-hybridized carbons (Fsp3) is 0.556. The summed E-state index contributed by atoms with van der Waals surface area (Å²) in [6, 6.07) is 2.99. The maximum Gasteiger partial charge on any atom is 0.0216 e. The zero-order valence-corrected chi connectivity index (χ0v) is 7.53. The molecular formula is C9H13NS. The van der Waals surface area contributed by atoms with Crippen LogP contribution in [0.1, 0.15) is 18.9 Å². The molecule has 2 heteroatoms. The Kier molecular flexibility index (Phi) is 1.96. The molecule has 0 aliphatic heterocycles. The van der Waals surface area contributed by atoms with Crippen molar-refractivity contribution in [1.29, 1.82) is 0 Å². The second kappa shape index (κ2) is 2.95. The minimum absolute atomic E-state index is 0.801. The Morgan fingerprint density at radius 1 is 1.73 bits per heavy atom. The van der Waals surface area contributed by atoms with Crippen LogP contribution in [0.5, 0.6) is 0 Å². The standard InChI is InChI=1S/C9H13NS/c1-7-4-9(7)10-5-8-2-3-11-6-8/h2-3,6-7,9-10H,4-5H2,1H3/t7-,9-/m1/s1. The van der Waals surface area contributed by atoms with Crippen molar-refractivity contribution in [3.05, 3.63) is 22.4 Å². The van der Waals surface area contributed by atoms with Crippen LogP contribution in [0.2, 0.25) is 0 Å². The van der Waals surface area contributed by atoms with Crippen LogP contribution in [-0.4, -0.2) is 6.04 Å². The summed E-state index contributed by atoms with van der Waals surface area (Å²) in [4.78, 5) is 0. The molecule has 1 saturated carbocycles. The van der Waals surface area contributed by atoms with E-state index in [-0.39, 0.29) is 0 Å². The second-order valence-electron chi connectivity index (χ2n) is 3.33. The highest BCUT2D eigenvalue weighted by atomic mass is 32.1. The van der Waals surface area contributed by atoms with Gasteiger partial charge in [-0.3, -0.25) is 0 Å². The Morgan fingerprint density at radius 2 is 2.55 bits per heavy atom. The van der Waals surface area contributed by atoms with E-state index in [1.807, 2.05) is 0 Å². The first-order chi connectivity index (χ1) is 5.36. The Labute approximate surface area is 71.4 Å². The molecule has 0 radical (unpaired) electrons. The van der Waals surface area contributed by atoms with Gasteiger partial charge in [-0.05, 0) is 34.7 Å². The average molecular weight is 167 g/mol. The summed E-state index contributed by atoms with van der Waals surface area (Å²) >= 11 is 1.77. The van der Waals surface area contributed by atoms with Crippen LogP contribution in [0.15, 0.2) is 16.8 Å². The van der Waals surface area contributed by atoms with Gasteiger partial charge < -0.3 is 5.32 Å². The summed E-state index contributed by atoms with van der Waals surface area (Å²) in [5.74, 6) is 0.911. The van der Waals surface area contributed by atoms with Crippen LogP contribution in [0, 0.1) is 5.92 Å².